The Hall–Kier alpha value is -3.00. The molecule has 1 amide bonds. The molecule has 4 N–H and O–H groups in total. The Bertz CT molecular complexity index is 801. The van der Waals surface area contributed by atoms with Crippen LogP contribution in [0.25, 0.3) is 0 Å². The number of anilines is 3. The first-order valence-corrected chi connectivity index (χ1v) is 7.97. The van der Waals surface area contributed by atoms with Gasteiger partial charge in [-0.15, -0.1) is 0 Å². The molecule has 1 aromatic carbocycles. The van der Waals surface area contributed by atoms with Crippen molar-refractivity contribution in [3.63, 3.8) is 0 Å². The smallest absolute Gasteiger partial charge is 0.272 e. The third kappa shape index (κ3) is 3.92. The van der Waals surface area contributed by atoms with Crippen LogP contribution in [0.3, 0.4) is 0 Å². The van der Waals surface area contributed by atoms with Crippen molar-refractivity contribution in [1.29, 1.82) is 5.41 Å². The van der Waals surface area contributed by atoms with Crippen molar-refractivity contribution >= 4 is 29.1 Å². The van der Waals surface area contributed by atoms with Crippen molar-refractivity contribution in [1.82, 2.24) is 14.9 Å². The van der Waals surface area contributed by atoms with Crippen molar-refractivity contribution < 1.29 is 9.53 Å². The third-order valence-electron chi connectivity index (χ3n) is 3.89. The van der Waals surface area contributed by atoms with Crippen molar-refractivity contribution in [3.8, 4) is 0 Å². The molecule has 2 heterocycles. The van der Waals surface area contributed by atoms with E-state index in [1.54, 1.807) is 23.2 Å². The number of nitrogens with zero attached hydrogens (tertiary/aromatic N) is 3. The molecule has 0 saturated carbocycles. The summed E-state index contributed by atoms with van der Waals surface area (Å²) in [4.78, 5) is 22.2. The van der Waals surface area contributed by atoms with Gasteiger partial charge in [0.2, 0.25) is 5.95 Å². The molecule has 3 rings (SSSR count). The number of hydrogen-bond donors (Lipinski definition) is 3. The molecule has 8 nitrogen and oxygen atoms in total. The van der Waals surface area contributed by atoms with Crippen molar-refractivity contribution in [2.45, 2.75) is 6.92 Å². The van der Waals surface area contributed by atoms with Gasteiger partial charge in [0.15, 0.2) is 0 Å². The fourth-order valence-corrected chi connectivity index (χ4v) is 2.60. The van der Waals surface area contributed by atoms with Crippen LogP contribution in [0.4, 0.5) is 17.5 Å². The monoisotopic (exact) mass is 340 g/mol. The standard InChI is InChI=1S/C17H20N6O2/c1-11-2-3-12(15(18)16(24)23-6-8-25-9-7-23)13(10-11)21-14-4-5-20-17(19)22-14/h2-5,10,18H,6-9H2,1H3,(H3,19,20,21,22). The number of aromatic nitrogens is 2. The number of nitrogen functional groups attached to an aromatic ring is 1. The normalized spacial score (nSPS) is 14.2. The second-order valence-electron chi connectivity index (χ2n) is 5.75. The highest BCUT2D eigenvalue weighted by molar-refractivity contribution is 6.45. The van der Waals surface area contributed by atoms with Crippen LogP contribution in [-0.2, 0) is 9.53 Å². The summed E-state index contributed by atoms with van der Waals surface area (Å²) in [7, 11) is 0. The van der Waals surface area contributed by atoms with Crippen LogP contribution in [0, 0.1) is 12.3 Å². The van der Waals surface area contributed by atoms with E-state index in [-0.39, 0.29) is 17.6 Å². The largest absolute Gasteiger partial charge is 0.378 e. The molecule has 130 valence electrons. The van der Waals surface area contributed by atoms with Crippen molar-refractivity contribution in [3.05, 3.63) is 41.6 Å². The SMILES string of the molecule is Cc1ccc(C(=N)C(=O)N2CCOCC2)c(Nc2ccnc(N)n2)c1. The molecular weight excluding hydrogens is 320 g/mol. The van der Waals surface area contributed by atoms with E-state index in [0.717, 1.165) is 5.56 Å². The molecule has 8 heteroatoms. The van der Waals surface area contributed by atoms with Gasteiger partial charge in [0.05, 0.1) is 13.2 Å². The molecule has 1 aliphatic rings. The predicted molar refractivity (Wildman–Crippen MR) is 95.1 cm³/mol. The van der Waals surface area contributed by atoms with Crippen molar-refractivity contribution in [2.24, 2.45) is 0 Å². The number of morpholine rings is 1. The first-order chi connectivity index (χ1) is 12.0. The van der Waals surface area contributed by atoms with Crippen LogP contribution in [0.15, 0.2) is 30.5 Å². The van der Waals surface area contributed by atoms with Crippen LogP contribution >= 0.6 is 0 Å². The molecule has 2 aromatic rings. The zero-order chi connectivity index (χ0) is 17.8. The lowest BCUT2D eigenvalue weighted by Crippen LogP contribution is -2.44. The first kappa shape index (κ1) is 16.8. The zero-order valence-corrected chi connectivity index (χ0v) is 14.0. The maximum atomic E-state index is 12.6. The Morgan fingerprint density at radius 1 is 1.32 bits per heavy atom. The van der Waals surface area contributed by atoms with E-state index in [1.807, 2.05) is 19.1 Å². The number of amides is 1. The highest BCUT2D eigenvalue weighted by Gasteiger charge is 2.23. The molecule has 25 heavy (non-hydrogen) atoms. The van der Waals surface area contributed by atoms with Gasteiger partial charge < -0.3 is 20.7 Å². The molecule has 0 bridgehead atoms. The highest BCUT2D eigenvalue weighted by atomic mass is 16.5. The first-order valence-electron chi connectivity index (χ1n) is 7.97. The molecular formula is C17H20N6O2. The molecule has 1 aromatic heterocycles. The van der Waals surface area contributed by atoms with E-state index in [2.05, 4.69) is 15.3 Å². The lowest BCUT2D eigenvalue weighted by molar-refractivity contribution is -0.128. The molecule has 0 spiro atoms. The third-order valence-corrected chi connectivity index (χ3v) is 3.89. The molecule has 1 aliphatic heterocycles. The zero-order valence-electron chi connectivity index (χ0n) is 14.0. The fraction of sp³-hybridized carbons (Fsp3) is 0.294. The summed E-state index contributed by atoms with van der Waals surface area (Å²) in [6.45, 7) is 3.93. The van der Waals surface area contributed by atoms with Crippen LogP contribution in [0.1, 0.15) is 11.1 Å². The molecule has 1 fully saturated rings. The highest BCUT2D eigenvalue weighted by Crippen LogP contribution is 2.23. The van der Waals surface area contributed by atoms with Crippen LogP contribution in [0.5, 0.6) is 0 Å². The Labute approximate surface area is 145 Å². The Balaban J connectivity index is 1.87. The molecule has 0 atom stereocenters. The minimum absolute atomic E-state index is 0.0635. The number of nitrogens with one attached hydrogen (secondary N) is 2. The number of hydrogen-bond acceptors (Lipinski definition) is 7. The van der Waals surface area contributed by atoms with Gasteiger partial charge in [-0.2, -0.15) is 4.98 Å². The van der Waals surface area contributed by atoms with Gasteiger partial charge in [-0.25, -0.2) is 4.98 Å². The van der Waals surface area contributed by atoms with Gasteiger partial charge in [-0.1, -0.05) is 12.1 Å². The van der Waals surface area contributed by atoms with E-state index in [1.165, 1.54) is 0 Å². The minimum Gasteiger partial charge on any atom is -0.378 e. The number of ether oxygens (including phenoxy) is 1. The summed E-state index contributed by atoms with van der Waals surface area (Å²) in [5.41, 5.74) is 7.69. The maximum Gasteiger partial charge on any atom is 0.272 e. The van der Waals surface area contributed by atoms with Gasteiger partial charge in [0.25, 0.3) is 5.91 Å². The van der Waals surface area contributed by atoms with E-state index in [9.17, 15) is 4.79 Å². The second kappa shape index (κ2) is 7.27. The van der Waals surface area contributed by atoms with Gasteiger partial charge in [0.1, 0.15) is 11.5 Å². The van der Waals surface area contributed by atoms with Gasteiger partial charge >= 0.3 is 0 Å². The average Bonchev–Trinajstić information content (AvgIpc) is 2.61. The van der Waals surface area contributed by atoms with Gasteiger partial charge in [-0.3, -0.25) is 10.2 Å². The van der Waals surface area contributed by atoms with Gasteiger partial charge in [0, 0.05) is 30.5 Å². The fourth-order valence-electron chi connectivity index (χ4n) is 2.60. The summed E-state index contributed by atoms with van der Waals surface area (Å²) in [5.74, 6) is 0.349. The number of nitrogens with two attached hydrogens (primary N) is 1. The number of carbonyl (C=O) groups excluding carboxylic acids is 1. The topological polar surface area (TPSA) is 117 Å². The summed E-state index contributed by atoms with van der Waals surface area (Å²) in [6.07, 6.45) is 1.55. The van der Waals surface area contributed by atoms with Crippen LogP contribution in [0.2, 0.25) is 0 Å². The Morgan fingerprint density at radius 3 is 2.80 bits per heavy atom. The summed E-state index contributed by atoms with van der Waals surface area (Å²) < 4.78 is 5.26. The minimum atomic E-state index is -0.308. The van der Waals surface area contributed by atoms with E-state index in [4.69, 9.17) is 15.9 Å². The molecule has 1 saturated heterocycles. The number of carbonyl (C=O) groups is 1. The van der Waals surface area contributed by atoms with Crippen LogP contribution in [-0.4, -0.2) is 52.8 Å². The Morgan fingerprint density at radius 2 is 2.08 bits per heavy atom. The number of rotatable bonds is 4. The predicted octanol–water partition coefficient (Wildman–Crippen LogP) is 1.34. The van der Waals surface area contributed by atoms with E-state index in [0.29, 0.717) is 43.4 Å². The summed E-state index contributed by atoms with van der Waals surface area (Å²) in [6, 6.07) is 7.18. The van der Waals surface area contributed by atoms with Gasteiger partial charge in [-0.05, 0) is 24.6 Å². The lowest BCUT2D eigenvalue weighted by atomic mass is 10.0. The van der Waals surface area contributed by atoms with Crippen LogP contribution < -0.4 is 11.1 Å². The molecule has 0 radical (unpaired) electrons. The number of aryl methyl sites for hydroxylation is 1. The lowest BCUT2D eigenvalue weighted by Gasteiger charge is -2.27. The Kier molecular flexibility index (Phi) is 4.90. The molecule has 0 unspecified atom stereocenters. The average molecular weight is 340 g/mol. The molecule has 0 aliphatic carbocycles. The quantitative estimate of drug-likeness (QED) is 0.723. The van der Waals surface area contributed by atoms with E-state index < -0.39 is 0 Å². The van der Waals surface area contributed by atoms with Crippen molar-refractivity contribution in [2.75, 3.05) is 37.4 Å². The van der Waals surface area contributed by atoms with E-state index >= 15 is 0 Å². The maximum absolute atomic E-state index is 12.6. The summed E-state index contributed by atoms with van der Waals surface area (Å²) in [5, 5.41) is 11.5. The number of benzene rings is 1. The summed E-state index contributed by atoms with van der Waals surface area (Å²) >= 11 is 0. The second-order valence-corrected chi connectivity index (χ2v) is 5.75.